The lowest BCUT2D eigenvalue weighted by molar-refractivity contribution is 0.669. The summed E-state index contributed by atoms with van der Waals surface area (Å²) >= 11 is 0. The third-order valence-electron chi connectivity index (χ3n) is 14.4. The van der Waals surface area contributed by atoms with Crippen molar-refractivity contribution >= 4 is 71.6 Å². The van der Waals surface area contributed by atoms with E-state index >= 15 is 0 Å². The Balaban J connectivity index is 1.08. The van der Waals surface area contributed by atoms with Gasteiger partial charge in [-0.1, -0.05) is 194 Å². The summed E-state index contributed by atoms with van der Waals surface area (Å²) < 4.78 is 9.13. The zero-order valence-corrected chi connectivity index (χ0v) is 37.1. The van der Waals surface area contributed by atoms with Gasteiger partial charge in [0.15, 0.2) is 0 Å². The van der Waals surface area contributed by atoms with Crippen molar-refractivity contribution in [2.75, 3.05) is 4.90 Å². The summed E-state index contributed by atoms with van der Waals surface area (Å²) in [6.45, 7) is 0. The number of furan rings is 1. The number of rotatable bonds is 7. The quantitative estimate of drug-likeness (QED) is 0.159. The maximum absolute atomic E-state index is 6.71. The molecule has 0 saturated carbocycles. The largest absolute Gasteiger partial charge is 0.456 e. The van der Waals surface area contributed by atoms with E-state index in [1.54, 1.807) is 0 Å². The first-order valence-electron chi connectivity index (χ1n) is 23.4. The van der Waals surface area contributed by atoms with Crippen molar-refractivity contribution in [1.29, 1.82) is 0 Å². The van der Waals surface area contributed by atoms with Gasteiger partial charge in [-0.2, -0.15) is 0 Å². The molecule has 0 unspecified atom stereocenters. The van der Waals surface area contributed by atoms with Gasteiger partial charge >= 0.3 is 0 Å². The first-order valence-corrected chi connectivity index (χ1v) is 23.4. The van der Waals surface area contributed by atoms with Crippen LogP contribution in [-0.2, 0) is 5.41 Å². The van der Waals surface area contributed by atoms with Gasteiger partial charge in [0.2, 0.25) is 0 Å². The molecule has 0 bridgehead atoms. The van der Waals surface area contributed by atoms with Crippen LogP contribution in [0.15, 0.2) is 259 Å². The number of hydrogen-bond acceptors (Lipinski definition) is 2. The van der Waals surface area contributed by atoms with Gasteiger partial charge in [-0.15, -0.1) is 0 Å². The summed E-state index contributed by atoms with van der Waals surface area (Å²) in [5, 5.41) is 7.03. The highest BCUT2D eigenvalue weighted by molar-refractivity contribution is 6.17. The summed E-state index contributed by atoms with van der Waals surface area (Å²) in [7, 11) is 0. The molecule has 1 aliphatic carbocycles. The third-order valence-corrected chi connectivity index (χ3v) is 14.4. The van der Waals surface area contributed by atoms with E-state index in [-0.39, 0.29) is 0 Å². The van der Waals surface area contributed by atoms with E-state index in [1.165, 1.54) is 60.6 Å². The van der Waals surface area contributed by atoms with Gasteiger partial charge in [0.05, 0.1) is 27.8 Å². The molecule has 0 spiro atoms. The van der Waals surface area contributed by atoms with Gasteiger partial charge in [-0.25, -0.2) is 0 Å². The van der Waals surface area contributed by atoms with Crippen LogP contribution in [0.5, 0.6) is 0 Å². The fourth-order valence-corrected chi connectivity index (χ4v) is 11.7. The molecule has 2 aromatic heterocycles. The fraction of sp³-hybridized carbons (Fsp3) is 0.0154. The predicted octanol–water partition coefficient (Wildman–Crippen LogP) is 17.3. The van der Waals surface area contributed by atoms with Gasteiger partial charge in [0, 0.05) is 44.0 Å². The van der Waals surface area contributed by atoms with E-state index in [1.807, 2.05) is 0 Å². The highest BCUT2D eigenvalue weighted by Gasteiger charge is 2.47. The second-order valence-corrected chi connectivity index (χ2v) is 17.9. The number of nitrogens with zero attached hydrogens (tertiary/aromatic N) is 2. The van der Waals surface area contributed by atoms with Crippen molar-refractivity contribution in [3.63, 3.8) is 0 Å². The Morgan fingerprint density at radius 2 is 0.926 bits per heavy atom. The van der Waals surface area contributed by atoms with Gasteiger partial charge in [0.25, 0.3) is 0 Å². The van der Waals surface area contributed by atoms with Gasteiger partial charge in [-0.3, -0.25) is 0 Å². The Morgan fingerprint density at radius 3 is 1.68 bits per heavy atom. The number of fused-ring (bicyclic) bond motifs is 10. The van der Waals surface area contributed by atoms with Crippen LogP contribution in [0.1, 0.15) is 22.3 Å². The standard InChI is InChI=1S/C65H42N2O/c1-3-22-45(23-4-1)65(46-24-5-2-6-25-46)55-33-13-9-31-53(55)64-56(65)34-19-38-60(64)67(48-27-17-26-47(42-48)66-57-35-14-10-28-49(57)50-29-11-15-36-58(50)66)59-37-16-12-30-51(59)52-32-18-39-61-63(52)54-40-43-20-7-8-21-44(43)41-62(54)68-61/h1-42H. The van der Waals surface area contributed by atoms with Crippen molar-refractivity contribution in [3.05, 3.63) is 277 Å². The number of aromatic nitrogens is 1. The smallest absolute Gasteiger partial charge is 0.136 e. The van der Waals surface area contributed by atoms with E-state index in [2.05, 4.69) is 264 Å². The molecule has 318 valence electrons. The van der Waals surface area contributed by atoms with Crippen molar-refractivity contribution in [3.8, 4) is 27.9 Å². The monoisotopic (exact) mass is 866 g/mol. The summed E-state index contributed by atoms with van der Waals surface area (Å²) in [6, 6.07) is 93.2. The molecular formula is C65H42N2O. The molecule has 0 aliphatic heterocycles. The van der Waals surface area contributed by atoms with E-state index in [0.717, 1.165) is 61.2 Å². The normalized spacial score (nSPS) is 12.8. The maximum atomic E-state index is 6.71. The molecule has 13 aromatic rings. The highest BCUT2D eigenvalue weighted by atomic mass is 16.3. The Hall–Kier alpha value is -8.92. The molecule has 2 heterocycles. The van der Waals surface area contributed by atoms with Crippen molar-refractivity contribution in [2.24, 2.45) is 0 Å². The third kappa shape index (κ3) is 5.54. The fourth-order valence-electron chi connectivity index (χ4n) is 11.7. The first kappa shape index (κ1) is 38.4. The van der Waals surface area contributed by atoms with Crippen molar-refractivity contribution in [2.45, 2.75) is 5.41 Å². The molecule has 14 rings (SSSR count). The number of anilines is 3. The Labute approximate surface area is 394 Å². The summed E-state index contributed by atoms with van der Waals surface area (Å²) in [5.41, 5.74) is 17.5. The Morgan fingerprint density at radius 1 is 0.368 bits per heavy atom. The lowest BCUT2D eigenvalue weighted by Crippen LogP contribution is -2.28. The summed E-state index contributed by atoms with van der Waals surface area (Å²) in [6.07, 6.45) is 0. The van der Waals surface area contributed by atoms with Crippen LogP contribution in [0.3, 0.4) is 0 Å². The molecule has 0 radical (unpaired) electrons. The van der Waals surface area contributed by atoms with Crippen LogP contribution >= 0.6 is 0 Å². The first-order chi connectivity index (χ1) is 33.8. The predicted molar refractivity (Wildman–Crippen MR) is 283 cm³/mol. The Kier molecular flexibility index (Phi) is 8.50. The number of hydrogen-bond donors (Lipinski definition) is 0. The van der Waals surface area contributed by atoms with E-state index < -0.39 is 5.41 Å². The second kappa shape index (κ2) is 15.1. The van der Waals surface area contributed by atoms with E-state index in [4.69, 9.17) is 4.42 Å². The lowest BCUT2D eigenvalue weighted by atomic mass is 9.68. The lowest BCUT2D eigenvalue weighted by Gasteiger charge is -2.34. The molecular weight excluding hydrogens is 825 g/mol. The second-order valence-electron chi connectivity index (χ2n) is 17.9. The molecule has 1 aliphatic rings. The molecule has 0 atom stereocenters. The molecule has 68 heavy (non-hydrogen) atoms. The minimum absolute atomic E-state index is 0.565. The zero-order chi connectivity index (χ0) is 44.8. The number of benzene rings is 11. The van der Waals surface area contributed by atoms with Crippen LogP contribution in [0, 0.1) is 0 Å². The minimum Gasteiger partial charge on any atom is -0.456 e. The average molecular weight is 867 g/mol. The Bertz CT molecular complexity index is 4010. The van der Waals surface area contributed by atoms with Crippen LogP contribution < -0.4 is 4.90 Å². The highest BCUT2D eigenvalue weighted by Crippen LogP contribution is 2.60. The van der Waals surface area contributed by atoms with Crippen LogP contribution in [-0.4, -0.2) is 4.57 Å². The molecule has 0 fully saturated rings. The van der Waals surface area contributed by atoms with Gasteiger partial charge in [0.1, 0.15) is 11.2 Å². The van der Waals surface area contributed by atoms with Crippen LogP contribution in [0.2, 0.25) is 0 Å². The summed E-state index contributed by atoms with van der Waals surface area (Å²) in [4.78, 5) is 2.52. The number of para-hydroxylation sites is 3. The zero-order valence-electron chi connectivity index (χ0n) is 37.1. The van der Waals surface area contributed by atoms with Crippen LogP contribution in [0.4, 0.5) is 17.1 Å². The molecule has 3 heteroatoms. The molecule has 0 saturated heterocycles. The average Bonchev–Trinajstić information content (AvgIpc) is 4.05. The van der Waals surface area contributed by atoms with Crippen molar-refractivity contribution in [1.82, 2.24) is 4.57 Å². The van der Waals surface area contributed by atoms with Gasteiger partial charge < -0.3 is 13.9 Å². The minimum atomic E-state index is -0.565. The molecule has 11 aromatic carbocycles. The summed E-state index contributed by atoms with van der Waals surface area (Å²) in [5.74, 6) is 0. The van der Waals surface area contributed by atoms with E-state index in [9.17, 15) is 0 Å². The molecule has 0 amide bonds. The van der Waals surface area contributed by atoms with Gasteiger partial charge in [-0.05, 0) is 105 Å². The maximum Gasteiger partial charge on any atom is 0.136 e. The van der Waals surface area contributed by atoms with E-state index in [0.29, 0.717) is 0 Å². The SMILES string of the molecule is c1ccc(C2(c3ccccc3)c3ccccc3-c3c(N(c4cccc(-n5c6ccccc6c6ccccc65)c4)c4ccccc4-c4cccc5oc6cc7ccccc7cc6c45)cccc32)cc1. The van der Waals surface area contributed by atoms with Crippen LogP contribution in [0.25, 0.3) is 82.5 Å². The van der Waals surface area contributed by atoms with Crippen molar-refractivity contribution < 1.29 is 4.42 Å². The molecule has 0 N–H and O–H groups in total. The topological polar surface area (TPSA) is 21.3 Å². The molecule has 3 nitrogen and oxygen atoms in total.